The average molecular weight is 274 g/mol. The minimum absolute atomic E-state index is 0.402. The van der Waals surface area contributed by atoms with Crippen molar-refractivity contribution in [3.05, 3.63) is 48.0 Å². The summed E-state index contributed by atoms with van der Waals surface area (Å²) in [5.41, 5.74) is 0.402. The number of ketones is 1. The Hall–Kier alpha value is -0.760. The molecule has 0 aliphatic heterocycles. The van der Waals surface area contributed by atoms with Gasteiger partial charge in [-0.2, -0.15) is 0 Å². The van der Waals surface area contributed by atoms with Gasteiger partial charge in [0, 0.05) is 5.56 Å². The van der Waals surface area contributed by atoms with Crippen LogP contribution in [-0.2, 0) is 0 Å². The molecule has 0 bridgehead atoms. The number of carbonyl (C=O) groups excluding carboxylic acids is 1. The van der Waals surface area contributed by atoms with Crippen LogP contribution in [0, 0.1) is 0 Å². The fourth-order valence-corrected chi connectivity index (χ4v) is 1.82. The van der Waals surface area contributed by atoms with E-state index in [9.17, 15) is 4.79 Å². The van der Waals surface area contributed by atoms with Gasteiger partial charge in [0.25, 0.3) is 3.79 Å². The minimum atomic E-state index is -1.90. The smallest absolute Gasteiger partial charge is 0.253 e. The van der Waals surface area contributed by atoms with E-state index in [1.807, 2.05) is 30.3 Å². The van der Waals surface area contributed by atoms with Crippen molar-refractivity contribution in [2.45, 2.75) is 3.79 Å². The number of Topliss-reactive ketones (excluding diaryl/α,β-unsaturated/α-hetero) is 1. The van der Waals surface area contributed by atoms with Crippen LogP contribution in [0.2, 0.25) is 0 Å². The molecule has 4 heteroatoms. The van der Waals surface area contributed by atoms with E-state index in [1.165, 1.54) is 0 Å². The van der Waals surface area contributed by atoms with Crippen molar-refractivity contribution in [2.24, 2.45) is 0 Å². The van der Waals surface area contributed by atoms with Gasteiger partial charge < -0.3 is 0 Å². The minimum Gasteiger partial charge on any atom is -0.289 e. The van der Waals surface area contributed by atoms with Crippen molar-refractivity contribution >= 4 is 51.4 Å². The van der Waals surface area contributed by atoms with Crippen LogP contribution < -0.4 is 0 Å². The topological polar surface area (TPSA) is 17.1 Å². The Kier molecular flexibility index (Phi) is 3.11. The monoisotopic (exact) mass is 272 g/mol. The molecule has 2 rings (SSSR count). The number of hydrogen-bond acceptors (Lipinski definition) is 1. The van der Waals surface area contributed by atoms with Crippen molar-refractivity contribution in [1.82, 2.24) is 0 Å². The maximum Gasteiger partial charge on any atom is 0.253 e. The first-order chi connectivity index (χ1) is 7.48. The van der Waals surface area contributed by atoms with Gasteiger partial charge in [-0.25, -0.2) is 0 Å². The van der Waals surface area contributed by atoms with Gasteiger partial charge in [-0.3, -0.25) is 4.79 Å². The molecule has 0 saturated carbocycles. The normalized spacial score (nSPS) is 11.7. The Labute approximate surface area is 108 Å². The quantitative estimate of drug-likeness (QED) is 0.556. The summed E-state index contributed by atoms with van der Waals surface area (Å²) in [6.07, 6.45) is 0. The standard InChI is InChI=1S/C12H7Cl3O/c13-12(14,15)11(16)10-6-5-8-3-1-2-4-9(8)7-10/h1-7H. The predicted molar refractivity (Wildman–Crippen MR) is 68.6 cm³/mol. The van der Waals surface area contributed by atoms with Crippen LogP contribution in [0.5, 0.6) is 0 Å². The van der Waals surface area contributed by atoms with Crippen LogP contribution in [0.3, 0.4) is 0 Å². The van der Waals surface area contributed by atoms with Crippen molar-refractivity contribution in [3.63, 3.8) is 0 Å². The SMILES string of the molecule is O=C(c1ccc2ccccc2c1)C(Cl)(Cl)Cl. The highest BCUT2D eigenvalue weighted by Crippen LogP contribution is 2.31. The zero-order valence-electron chi connectivity index (χ0n) is 8.08. The fraction of sp³-hybridized carbons (Fsp3) is 0.0833. The van der Waals surface area contributed by atoms with E-state index in [-0.39, 0.29) is 0 Å². The third-order valence-corrected chi connectivity index (χ3v) is 2.78. The summed E-state index contributed by atoms with van der Waals surface area (Å²) in [7, 11) is 0. The third-order valence-electron chi connectivity index (χ3n) is 2.27. The van der Waals surface area contributed by atoms with Gasteiger partial charge in [-0.15, -0.1) is 0 Å². The molecule has 0 amide bonds. The largest absolute Gasteiger partial charge is 0.289 e. The number of halogens is 3. The Morgan fingerprint density at radius 1 is 0.938 bits per heavy atom. The van der Waals surface area contributed by atoms with Gasteiger partial charge in [0.15, 0.2) is 0 Å². The lowest BCUT2D eigenvalue weighted by atomic mass is 10.1. The Morgan fingerprint density at radius 2 is 1.56 bits per heavy atom. The van der Waals surface area contributed by atoms with Crippen molar-refractivity contribution in [1.29, 1.82) is 0 Å². The molecule has 16 heavy (non-hydrogen) atoms. The van der Waals surface area contributed by atoms with Crippen LogP contribution >= 0.6 is 34.8 Å². The number of fused-ring (bicyclic) bond motifs is 1. The van der Waals surface area contributed by atoms with Gasteiger partial charge in [-0.05, 0) is 16.8 Å². The maximum atomic E-state index is 11.7. The average Bonchev–Trinajstić information content (AvgIpc) is 2.26. The summed E-state index contributed by atoms with van der Waals surface area (Å²) in [6, 6.07) is 12.9. The summed E-state index contributed by atoms with van der Waals surface area (Å²) in [5.74, 6) is -0.511. The molecule has 0 atom stereocenters. The lowest BCUT2D eigenvalue weighted by molar-refractivity contribution is 0.0996. The first-order valence-electron chi connectivity index (χ1n) is 4.59. The van der Waals surface area contributed by atoms with E-state index >= 15 is 0 Å². The van der Waals surface area contributed by atoms with E-state index in [0.717, 1.165) is 10.8 Å². The van der Waals surface area contributed by atoms with E-state index in [1.54, 1.807) is 12.1 Å². The molecule has 0 radical (unpaired) electrons. The number of carbonyl (C=O) groups is 1. The van der Waals surface area contributed by atoms with Gasteiger partial charge in [0.2, 0.25) is 5.78 Å². The summed E-state index contributed by atoms with van der Waals surface area (Å²) in [4.78, 5) is 11.7. The molecule has 0 aromatic heterocycles. The predicted octanol–water partition coefficient (Wildman–Crippen LogP) is 4.39. The second-order valence-corrected chi connectivity index (χ2v) is 5.67. The van der Waals surface area contributed by atoms with Crippen molar-refractivity contribution < 1.29 is 4.79 Å². The van der Waals surface area contributed by atoms with Crippen molar-refractivity contribution in [2.75, 3.05) is 0 Å². The van der Waals surface area contributed by atoms with Crippen LogP contribution in [0.25, 0.3) is 10.8 Å². The number of rotatable bonds is 1. The van der Waals surface area contributed by atoms with Crippen LogP contribution in [0.15, 0.2) is 42.5 Å². The molecule has 0 fully saturated rings. The Morgan fingerprint density at radius 3 is 2.19 bits per heavy atom. The molecule has 2 aromatic rings. The molecular formula is C12H7Cl3O. The fourth-order valence-electron chi connectivity index (χ4n) is 1.49. The van der Waals surface area contributed by atoms with Gasteiger partial charge >= 0.3 is 0 Å². The highest BCUT2D eigenvalue weighted by Gasteiger charge is 2.31. The molecule has 0 aliphatic carbocycles. The second kappa shape index (κ2) is 4.25. The molecular weight excluding hydrogens is 266 g/mol. The lowest BCUT2D eigenvalue weighted by Crippen LogP contribution is -2.18. The van der Waals surface area contributed by atoms with Crippen LogP contribution in [-0.4, -0.2) is 9.58 Å². The molecule has 2 aromatic carbocycles. The van der Waals surface area contributed by atoms with Gasteiger partial charge in [0.1, 0.15) is 0 Å². The van der Waals surface area contributed by atoms with Crippen LogP contribution in [0.1, 0.15) is 10.4 Å². The highest BCUT2D eigenvalue weighted by atomic mass is 35.6. The highest BCUT2D eigenvalue weighted by molar-refractivity contribution is 6.77. The first-order valence-corrected chi connectivity index (χ1v) is 5.72. The van der Waals surface area contributed by atoms with Crippen molar-refractivity contribution in [3.8, 4) is 0 Å². The zero-order chi connectivity index (χ0) is 11.8. The zero-order valence-corrected chi connectivity index (χ0v) is 10.4. The summed E-state index contributed by atoms with van der Waals surface area (Å²) in [6.45, 7) is 0. The molecule has 0 heterocycles. The Bertz CT molecular complexity index is 543. The van der Waals surface area contributed by atoms with Gasteiger partial charge in [0.05, 0.1) is 0 Å². The third kappa shape index (κ3) is 2.32. The Balaban J connectivity index is 2.52. The maximum absolute atomic E-state index is 11.7. The summed E-state index contributed by atoms with van der Waals surface area (Å²) < 4.78 is -1.90. The van der Waals surface area contributed by atoms with E-state index in [4.69, 9.17) is 34.8 Å². The molecule has 0 saturated heterocycles. The molecule has 1 nitrogen and oxygen atoms in total. The number of hydrogen-bond donors (Lipinski definition) is 0. The number of benzene rings is 2. The number of alkyl halides is 3. The summed E-state index contributed by atoms with van der Waals surface area (Å²) in [5, 5.41) is 1.99. The molecule has 82 valence electrons. The second-order valence-electron chi connectivity index (χ2n) is 3.39. The molecule has 0 spiro atoms. The first kappa shape index (κ1) is 11.7. The molecule has 0 aliphatic rings. The lowest BCUT2D eigenvalue weighted by Gasteiger charge is -2.09. The van der Waals surface area contributed by atoms with E-state index < -0.39 is 9.58 Å². The molecule has 0 N–H and O–H groups in total. The van der Waals surface area contributed by atoms with Crippen LogP contribution in [0.4, 0.5) is 0 Å². The summed E-state index contributed by atoms with van der Waals surface area (Å²) >= 11 is 16.7. The molecule has 0 unspecified atom stereocenters. The van der Waals surface area contributed by atoms with E-state index in [2.05, 4.69) is 0 Å². The van der Waals surface area contributed by atoms with E-state index in [0.29, 0.717) is 5.56 Å². The van der Waals surface area contributed by atoms with Gasteiger partial charge in [-0.1, -0.05) is 71.2 Å².